The van der Waals surface area contributed by atoms with E-state index in [1.165, 1.54) is 5.56 Å². The average Bonchev–Trinajstić information content (AvgIpc) is 2.98. The van der Waals surface area contributed by atoms with Gasteiger partial charge in [-0.05, 0) is 29.8 Å². The van der Waals surface area contributed by atoms with E-state index >= 15 is 0 Å². The van der Waals surface area contributed by atoms with E-state index in [2.05, 4.69) is 49.4 Å². The fourth-order valence-corrected chi connectivity index (χ4v) is 3.62. The molecule has 2 aromatic carbocycles. The summed E-state index contributed by atoms with van der Waals surface area (Å²) in [6.45, 7) is 4.49. The van der Waals surface area contributed by atoms with Gasteiger partial charge in [0.05, 0.1) is 0 Å². The van der Waals surface area contributed by atoms with Crippen LogP contribution in [0.1, 0.15) is 5.56 Å². The zero-order valence-electron chi connectivity index (χ0n) is 12.8. The van der Waals surface area contributed by atoms with E-state index in [1.54, 1.807) is 11.8 Å². The minimum atomic E-state index is 0.650. The van der Waals surface area contributed by atoms with Crippen LogP contribution in [0.2, 0.25) is 5.02 Å². The van der Waals surface area contributed by atoms with Crippen LogP contribution in [0, 0.1) is 0 Å². The topological polar surface area (TPSA) is 30.7 Å². The number of hydrogen-bond acceptors (Lipinski definition) is 3. The van der Waals surface area contributed by atoms with E-state index in [9.17, 15) is 0 Å². The van der Waals surface area contributed by atoms with Crippen molar-refractivity contribution in [3.05, 3.63) is 76.2 Å². The zero-order chi connectivity index (χ0) is 16.9. The first kappa shape index (κ1) is 17.3. The number of hydrogen-bond donors (Lipinski definition) is 0. The van der Waals surface area contributed by atoms with Crippen LogP contribution in [0.3, 0.4) is 0 Å². The van der Waals surface area contributed by atoms with Crippen LogP contribution in [0.4, 0.5) is 0 Å². The highest BCUT2D eigenvalue weighted by Gasteiger charge is 2.13. The molecule has 0 radical (unpaired) electrons. The third-order valence-electron chi connectivity index (χ3n) is 3.39. The monoisotopic (exact) mass is 419 g/mol. The molecule has 0 saturated heterocycles. The van der Waals surface area contributed by atoms with Crippen molar-refractivity contribution in [2.45, 2.75) is 17.5 Å². The van der Waals surface area contributed by atoms with Gasteiger partial charge in [-0.25, -0.2) is 0 Å². The molecule has 0 fully saturated rings. The van der Waals surface area contributed by atoms with Gasteiger partial charge in [0.25, 0.3) is 0 Å². The van der Waals surface area contributed by atoms with Crippen molar-refractivity contribution >= 4 is 39.3 Å². The van der Waals surface area contributed by atoms with Crippen LogP contribution in [0.25, 0.3) is 11.4 Å². The molecule has 0 aliphatic carbocycles. The van der Waals surface area contributed by atoms with E-state index < -0.39 is 0 Å². The van der Waals surface area contributed by atoms with Gasteiger partial charge in [0.15, 0.2) is 11.0 Å². The molecule has 0 amide bonds. The molecule has 3 aromatic rings. The van der Waals surface area contributed by atoms with Gasteiger partial charge in [-0.15, -0.1) is 16.8 Å². The van der Waals surface area contributed by atoms with Crippen LogP contribution < -0.4 is 0 Å². The number of benzene rings is 2. The zero-order valence-corrected chi connectivity index (χ0v) is 16.0. The fraction of sp³-hybridized carbons (Fsp3) is 0.111. The Balaban J connectivity index is 1.85. The maximum atomic E-state index is 6.10. The first-order valence-corrected chi connectivity index (χ1v) is 9.50. The lowest BCUT2D eigenvalue weighted by molar-refractivity contribution is 0.731. The van der Waals surface area contributed by atoms with Crippen molar-refractivity contribution in [3.63, 3.8) is 0 Å². The molecule has 3 nitrogen and oxygen atoms in total. The Labute approximate surface area is 158 Å². The molecule has 0 spiro atoms. The maximum Gasteiger partial charge on any atom is 0.192 e. The average molecular weight is 421 g/mol. The Morgan fingerprint density at radius 3 is 2.67 bits per heavy atom. The van der Waals surface area contributed by atoms with Crippen LogP contribution in [0.15, 0.2) is 70.8 Å². The van der Waals surface area contributed by atoms with Gasteiger partial charge in [-0.2, -0.15) is 0 Å². The third kappa shape index (κ3) is 4.09. The lowest BCUT2D eigenvalue weighted by Gasteiger charge is -2.08. The molecule has 0 bridgehead atoms. The van der Waals surface area contributed by atoms with Crippen LogP contribution in [0.5, 0.6) is 0 Å². The smallest absolute Gasteiger partial charge is 0.192 e. The minimum absolute atomic E-state index is 0.650. The van der Waals surface area contributed by atoms with E-state index in [4.69, 9.17) is 11.6 Å². The molecule has 0 aliphatic rings. The second-order valence-electron chi connectivity index (χ2n) is 5.13. The summed E-state index contributed by atoms with van der Waals surface area (Å²) in [5.41, 5.74) is 2.19. The van der Waals surface area contributed by atoms with Gasteiger partial charge in [0.1, 0.15) is 0 Å². The van der Waals surface area contributed by atoms with Gasteiger partial charge in [0, 0.05) is 27.4 Å². The molecular formula is C18H15BrClN3S. The summed E-state index contributed by atoms with van der Waals surface area (Å²) in [7, 11) is 0. The molecule has 0 saturated carbocycles. The lowest BCUT2D eigenvalue weighted by atomic mass is 10.2. The van der Waals surface area contributed by atoms with Crippen molar-refractivity contribution in [1.29, 1.82) is 0 Å². The van der Waals surface area contributed by atoms with E-state index in [-0.39, 0.29) is 0 Å². The predicted molar refractivity (Wildman–Crippen MR) is 104 cm³/mol. The summed E-state index contributed by atoms with van der Waals surface area (Å²) in [4.78, 5) is 0. The minimum Gasteiger partial charge on any atom is -0.298 e. The molecule has 24 heavy (non-hydrogen) atoms. The number of nitrogens with zero attached hydrogens (tertiary/aromatic N) is 3. The van der Waals surface area contributed by atoms with Gasteiger partial charge >= 0.3 is 0 Å². The number of thioether (sulfide) groups is 1. The third-order valence-corrected chi connectivity index (χ3v) is 5.19. The Morgan fingerprint density at radius 1 is 1.17 bits per heavy atom. The van der Waals surface area contributed by atoms with Crippen LogP contribution in [-0.2, 0) is 12.3 Å². The van der Waals surface area contributed by atoms with Gasteiger partial charge < -0.3 is 0 Å². The quantitative estimate of drug-likeness (QED) is 0.371. The van der Waals surface area contributed by atoms with Crippen LogP contribution in [-0.4, -0.2) is 14.8 Å². The molecule has 122 valence electrons. The largest absolute Gasteiger partial charge is 0.298 e. The molecule has 1 aromatic heterocycles. The Kier molecular flexibility index (Phi) is 5.76. The highest BCUT2D eigenvalue weighted by Crippen LogP contribution is 2.28. The van der Waals surface area contributed by atoms with Gasteiger partial charge in [-0.1, -0.05) is 69.6 Å². The van der Waals surface area contributed by atoms with Crippen molar-refractivity contribution in [2.24, 2.45) is 0 Å². The van der Waals surface area contributed by atoms with E-state index in [0.29, 0.717) is 11.6 Å². The summed E-state index contributed by atoms with van der Waals surface area (Å²) in [6, 6.07) is 15.9. The SMILES string of the molecule is C=CCn1c(SCc2ccc(Br)cc2)nnc1-c1cccc(Cl)c1. The fourth-order valence-electron chi connectivity index (χ4n) is 2.26. The first-order chi connectivity index (χ1) is 11.7. The Morgan fingerprint density at radius 2 is 1.96 bits per heavy atom. The van der Waals surface area contributed by atoms with Crippen molar-refractivity contribution in [2.75, 3.05) is 0 Å². The number of halogens is 2. The van der Waals surface area contributed by atoms with Crippen LogP contribution >= 0.6 is 39.3 Å². The molecule has 0 unspecified atom stereocenters. The normalized spacial score (nSPS) is 10.8. The van der Waals surface area contributed by atoms with E-state index in [0.717, 1.165) is 26.8 Å². The highest BCUT2D eigenvalue weighted by atomic mass is 79.9. The van der Waals surface area contributed by atoms with Gasteiger partial charge in [0.2, 0.25) is 0 Å². The molecule has 0 aliphatic heterocycles. The summed E-state index contributed by atoms with van der Waals surface area (Å²) >= 11 is 11.2. The lowest BCUT2D eigenvalue weighted by Crippen LogP contribution is -2.00. The molecule has 6 heteroatoms. The molecule has 3 rings (SSSR count). The Hall–Kier alpha value is -1.56. The molecule has 0 atom stereocenters. The molecular weight excluding hydrogens is 406 g/mol. The maximum absolute atomic E-state index is 6.10. The molecule has 1 heterocycles. The second-order valence-corrected chi connectivity index (χ2v) is 7.43. The van der Waals surface area contributed by atoms with Gasteiger partial charge in [-0.3, -0.25) is 4.57 Å². The van der Waals surface area contributed by atoms with Crippen molar-refractivity contribution in [3.8, 4) is 11.4 Å². The predicted octanol–water partition coefficient (Wildman–Crippen LogP) is 5.84. The summed E-state index contributed by atoms with van der Waals surface area (Å²) in [6.07, 6.45) is 1.85. The summed E-state index contributed by atoms with van der Waals surface area (Å²) in [5.74, 6) is 1.63. The summed E-state index contributed by atoms with van der Waals surface area (Å²) in [5, 5.41) is 10.3. The standard InChI is InChI=1S/C18H15BrClN3S/c1-2-10-23-17(14-4-3-5-16(20)11-14)21-22-18(23)24-12-13-6-8-15(19)9-7-13/h2-9,11H,1,10,12H2. The number of allylic oxidation sites excluding steroid dienone is 1. The molecule has 0 N–H and O–H groups in total. The van der Waals surface area contributed by atoms with E-state index in [1.807, 2.05) is 42.5 Å². The number of aromatic nitrogens is 3. The second kappa shape index (κ2) is 8.01. The summed E-state index contributed by atoms with van der Waals surface area (Å²) < 4.78 is 3.14. The van der Waals surface area contributed by atoms with Crippen molar-refractivity contribution < 1.29 is 0 Å². The highest BCUT2D eigenvalue weighted by molar-refractivity contribution is 9.10. The first-order valence-electron chi connectivity index (χ1n) is 7.34. The number of rotatable bonds is 6. The van der Waals surface area contributed by atoms with Crippen molar-refractivity contribution in [1.82, 2.24) is 14.8 Å². The Bertz CT molecular complexity index is 846.